The number of hydrogen-bond donors (Lipinski definition) is 1. The molecule has 0 radical (unpaired) electrons. The molecule has 12 heteroatoms. The van der Waals surface area contributed by atoms with Gasteiger partial charge < -0.3 is 24.0 Å². The van der Waals surface area contributed by atoms with Gasteiger partial charge in [0.05, 0.1) is 18.5 Å². The minimum Gasteiger partial charge on any atom is -0.356 e. The molecule has 1 fully saturated rings. The molecule has 2 aromatic heterocycles. The van der Waals surface area contributed by atoms with E-state index >= 15 is 0 Å². The Morgan fingerprint density at radius 3 is 2.69 bits per heavy atom. The molecule has 0 saturated carbocycles. The number of imidazole rings is 1. The number of aromatic nitrogens is 4. The highest BCUT2D eigenvalue weighted by Crippen LogP contribution is 2.35. The first kappa shape index (κ1) is 27.4. The Hall–Kier alpha value is -3.12. The number of nitrogens with zero attached hydrogens (tertiary/aromatic N) is 6. The summed E-state index contributed by atoms with van der Waals surface area (Å²) in [4.78, 5) is 30.6. The average molecular weight is 559 g/mol. The molecule has 1 saturated heterocycles. The Labute approximate surface area is 231 Å². The molecular weight excluding hydrogens is 527 g/mol. The first-order valence-corrected chi connectivity index (χ1v) is 13.6. The number of rotatable bonds is 9. The molecule has 1 aromatic carbocycles. The Bertz CT molecular complexity index is 1310. The second-order valence-electron chi connectivity index (χ2n) is 9.60. The lowest BCUT2D eigenvalue weighted by atomic mass is 10.2. The monoisotopic (exact) mass is 558 g/mol. The van der Waals surface area contributed by atoms with Crippen LogP contribution in [0.5, 0.6) is 0 Å². The van der Waals surface area contributed by atoms with Crippen molar-refractivity contribution in [2.75, 3.05) is 31.2 Å². The lowest BCUT2D eigenvalue weighted by Gasteiger charge is -2.40. The van der Waals surface area contributed by atoms with Crippen molar-refractivity contribution >= 4 is 23.3 Å². The lowest BCUT2D eigenvalue weighted by Crippen LogP contribution is -2.56. The van der Waals surface area contributed by atoms with Gasteiger partial charge in [0.25, 0.3) is 5.91 Å². The highest BCUT2D eigenvalue weighted by molar-refractivity contribution is 6.29. The average Bonchev–Trinajstić information content (AvgIpc) is 3.29. The topological polar surface area (TPSA) is 106 Å². The molecular formula is C27H32ClFN6O4. The quantitative estimate of drug-likeness (QED) is 0.393. The van der Waals surface area contributed by atoms with Gasteiger partial charge in [-0.1, -0.05) is 23.7 Å². The molecule has 2 atom stereocenters. The molecule has 1 N–H and O–H groups in total. The fraction of sp³-hybridized carbons (Fsp3) is 0.481. The zero-order valence-electron chi connectivity index (χ0n) is 22.0. The number of hydrogen-bond acceptors (Lipinski definition) is 8. The first-order chi connectivity index (χ1) is 18.9. The van der Waals surface area contributed by atoms with Crippen molar-refractivity contribution in [2.45, 2.75) is 58.7 Å². The number of ether oxygens (including phenoxy) is 2. The van der Waals surface area contributed by atoms with Gasteiger partial charge in [-0.3, -0.25) is 9.69 Å². The SMILES string of the molecule is CCN1c2nc(-c3ncc(Cl)nc3C)n(Cc3ccc(F)cc3)c2C(=O)N(CCCOC2CCCCO2)C1O. The molecule has 2 aliphatic rings. The maximum absolute atomic E-state index is 13.9. The van der Waals surface area contributed by atoms with Crippen LogP contribution in [0.4, 0.5) is 10.2 Å². The summed E-state index contributed by atoms with van der Waals surface area (Å²) in [6, 6.07) is 6.07. The summed E-state index contributed by atoms with van der Waals surface area (Å²) in [6.07, 6.45) is 3.50. The Balaban J connectivity index is 1.48. The molecule has 4 heterocycles. The van der Waals surface area contributed by atoms with Gasteiger partial charge in [0, 0.05) is 26.2 Å². The zero-order valence-corrected chi connectivity index (χ0v) is 22.8. The number of benzene rings is 1. The maximum atomic E-state index is 13.9. The van der Waals surface area contributed by atoms with Crippen LogP contribution in [0.15, 0.2) is 30.5 Å². The summed E-state index contributed by atoms with van der Waals surface area (Å²) in [7, 11) is 0. The predicted octanol–water partition coefficient (Wildman–Crippen LogP) is 3.98. The molecule has 0 bridgehead atoms. The van der Waals surface area contributed by atoms with Crippen LogP contribution >= 0.6 is 11.6 Å². The number of halogens is 2. The summed E-state index contributed by atoms with van der Waals surface area (Å²) < 4.78 is 26.8. The van der Waals surface area contributed by atoms with Gasteiger partial charge in [0.1, 0.15) is 16.7 Å². The van der Waals surface area contributed by atoms with Gasteiger partial charge in [-0.15, -0.1) is 0 Å². The second kappa shape index (κ2) is 12.0. The number of fused-ring (bicyclic) bond motifs is 1. The summed E-state index contributed by atoms with van der Waals surface area (Å²) in [5.74, 6) is 0.0435. The highest BCUT2D eigenvalue weighted by Gasteiger charge is 2.41. The van der Waals surface area contributed by atoms with Crippen molar-refractivity contribution in [1.82, 2.24) is 24.4 Å². The fourth-order valence-corrected chi connectivity index (χ4v) is 5.15. The predicted molar refractivity (Wildman–Crippen MR) is 143 cm³/mol. The van der Waals surface area contributed by atoms with E-state index in [2.05, 4.69) is 9.97 Å². The van der Waals surface area contributed by atoms with Crippen LogP contribution in [0.1, 0.15) is 54.4 Å². The number of anilines is 1. The number of carbonyl (C=O) groups is 1. The van der Waals surface area contributed by atoms with Gasteiger partial charge in [0.2, 0.25) is 6.35 Å². The van der Waals surface area contributed by atoms with Crippen molar-refractivity contribution in [3.8, 4) is 11.5 Å². The largest absolute Gasteiger partial charge is 0.356 e. The van der Waals surface area contributed by atoms with E-state index in [4.69, 9.17) is 26.1 Å². The summed E-state index contributed by atoms with van der Waals surface area (Å²) in [5.41, 5.74) is 2.09. The number of carbonyl (C=O) groups excluding carboxylic acids is 1. The van der Waals surface area contributed by atoms with Gasteiger partial charge >= 0.3 is 0 Å². The van der Waals surface area contributed by atoms with Crippen molar-refractivity contribution in [3.05, 3.63) is 58.4 Å². The van der Waals surface area contributed by atoms with Gasteiger partial charge in [-0.25, -0.2) is 19.3 Å². The van der Waals surface area contributed by atoms with E-state index in [0.717, 1.165) is 24.8 Å². The molecule has 2 aliphatic heterocycles. The molecule has 5 rings (SSSR count). The minimum absolute atomic E-state index is 0.220. The number of aliphatic hydroxyl groups excluding tert-OH is 1. The molecule has 0 spiro atoms. The molecule has 3 aromatic rings. The Morgan fingerprint density at radius 1 is 1.21 bits per heavy atom. The third kappa shape index (κ3) is 5.76. The normalized spacial score (nSPS) is 19.5. The van der Waals surface area contributed by atoms with E-state index in [1.807, 2.05) is 6.92 Å². The van der Waals surface area contributed by atoms with Crippen LogP contribution in [0, 0.1) is 12.7 Å². The van der Waals surface area contributed by atoms with Crippen molar-refractivity contribution in [3.63, 3.8) is 0 Å². The van der Waals surface area contributed by atoms with Crippen molar-refractivity contribution in [2.24, 2.45) is 0 Å². The van der Waals surface area contributed by atoms with E-state index in [1.54, 1.807) is 28.5 Å². The van der Waals surface area contributed by atoms with E-state index in [0.29, 0.717) is 54.9 Å². The standard InChI is InChI=1S/C27H32ClFN6O4/c1-3-33-25-23(26(36)34(27(33)37)12-6-14-39-21-7-4-5-13-38-21)35(16-18-8-10-19(29)11-9-18)24(32-25)22-17(2)31-20(28)15-30-22/h8-11,15,21,27,37H,3-7,12-14,16H2,1-2H3. The molecule has 2 unspecified atom stereocenters. The highest BCUT2D eigenvalue weighted by atomic mass is 35.5. The smallest absolute Gasteiger partial charge is 0.277 e. The van der Waals surface area contributed by atoms with E-state index < -0.39 is 6.35 Å². The van der Waals surface area contributed by atoms with Gasteiger partial charge in [0.15, 0.2) is 23.6 Å². The van der Waals surface area contributed by atoms with E-state index in [9.17, 15) is 14.3 Å². The Kier molecular flexibility index (Phi) is 8.41. The number of aryl methyl sites for hydroxylation is 1. The van der Waals surface area contributed by atoms with Crippen LogP contribution < -0.4 is 4.90 Å². The number of amides is 1. The maximum Gasteiger partial charge on any atom is 0.277 e. The molecule has 208 valence electrons. The Morgan fingerprint density at radius 2 is 2.00 bits per heavy atom. The number of aliphatic hydroxyl groups is 1. The molecule has 0 aliphatic carbocycles. The molecule has 1 amide bonds. The third-order valence-electron chi connectivity index (χ3n) is 6.95. The molecule has 10 nitrogen and oxygen atoms in total. The van der Waals surface area contributed by atoms with Crippen LogP contribution in [-0.4, -0.2) is 74.4 Å². The minimum atomic E-state index is -1.19. The summed E-state index contributed by atoms with van der Waals surface area (Å²) >= 11 is 6.05. The van der Waals surface area contributed by atoms with Gasteiger partial charge in [-0.2, -0.15) is 0 Å². The van der Waals surface area contributed by atoms with E-state index in [1.165, 1.54) is 23.2 Å². The van der Waals surface area contributed by atoms with Gasteiger partial charge in [-0.05, 0) is 57.2 Å². The van der Waals surface area contributed by atoms with Crippen molar-refractivity contribution in [1.29, 1.82) is 0 Å². The fourth-order valence-electron chi connectivity index (χ4n) is 4.97. The molecule has 39 heavy (non-hydrogen) atoms. The second-order valence-corrected chi connectivity index (χ2v) is 9.99. The van der Waals surface area contributed by atoms with Crippen molar-refractivity contribution < 1.29 is 23.8 Å². The summed E-state index contributed by atoms with van der Waals surface area (Å²) in [6.45, 7) is 5.66. The van der Waals surface area contributed by atoms with Crippen LogP contribution in [0.25, 0.3) is 11.5 Å². The van der Waals surface area contributed by atoms with Crippen LogP contribution in [0.3, 0.4) is 0 Å². The van der Waals surface area contributed by atoms with Crippen LogP contribution in [0.2, 0.25) is 5.15 Å². The van der Waals surface area contributed by atoms with E-state index in [-0.39, 0.29) is 36.3 Å². The first-order valence-electron chi connectivity index (χ1n) is 13.2. The lowest BCUT2D eigenvalue weighted by molar-refractivity contribution is -0.163. The zero-order chi connectivity index (χ0) is 27.5. The van der Waals surface area contributed by atoms with Crippen LogP contribution in [-0.2, 0) is 16.0 Å². The summed E-state index contributed by atoms with van der Waals surface area (Å²) in [5, 5.41) is 11.4. The third-order valence-corrected chi connectivity index (χ3v) is 7.13.